The van der Waals surface area contributed by atoms with E-state index in [9.17, 15) is 13.2 Å². The van der Waals surface area contributed by atoms with Crippen molar-refractivity contribution in [2.45, 2.75) is 38.2 Å². The lowest BCUT2D eigenvalue weighted by atomic mass is 10.0. The van der Waals surface area contributed by atoms with Gasteiger partial charge in [0.2, 0.25) is 0 Å². The number of halogens is 4. The van der Waals surface area contributed by atoms with Gasteiger partial charge in [0, 0.05) is 12.0 Å². The molecule has 0 saturated carbocycles. The van der Waals surface area contributed by atoms with Gasteiger partial charge in [0.1, 0.15) is 6.61 Å². The fraction of sp³-hybridized carbons (Fsp3) is 1.00. The highest BCUT2D eigenvalue weighted by atomic mass is 35.5. The van der Waals surface area contributed by atoms with E-state index >= 15 is 0 Å². The van der Waals surface area contributed by atoms with Gasteiger partial charge in [-0.2, -0.15) is 13.2 Å². The zero-order chi connectivity index (χ0) is 11.2. The maximum atomic E-state index is 11.7. The Morgan fingerprint density at radius 3 is 2.36 bits per heavy atom. The third-order valence-corrected chi connectivity index (χ3v) is 2.73. The Kier molecular flexibility index (Phi) is 6.53. The van der Waals surface area contributed by atoms with Crippen LogP contribution in [0.25, 0.3) is 0 Å². The predicted molar refractivity (Wildman–Crippen MR) is 50.6 cm³/mol. The lowest BCUT2D eigenvalue weighted by Gasteiger charge is -2.16. The van der Waals surface area contributed by atoms with Gasteiger partial charge in [-0.3, -0.25) is 0 Å². The Balaban J connectivity index is 3.45. The Morgan fingerprint density at radius 1 is 1.36 bits per heavy atom. The van der Waals surface area contributed by atoms with Crippen molar-refractivity contribution in [3.63, 3.8) is 0 Å². The van der Waals surface area contributed by atoms with Crippen molar-refractivity contribution in [1.29, 1.82) is 0 Å². The second-order valence-electron chi connectivity index (χ2n) is 3.36. The number of ether oxygens (including phenoxy) is 1. The van der Waals surface area contributed by atoms with E-state index < -0.39 is 12.8 Å². The topological polar surface area (TPSA) is 9.23 Å². The van der Waals surface area contributed by atoms with Crippen LogP contribution in [0, 0.1) is 5.92 Å². The van der Waals surface area contributed by atoms with Crippen molar-refractivity contribution >= 4 is 11.6 Å². The molecule has 2 atom stereocenters. The van der Waals surface area contributed by atoms with E-state index in [0.717, 1.165) is 6.42 Å². The maximum absolute atomic E-state index is 11.7. The molecule has 0 rings (SSSR count). The zero-order valence-electron chi connectivity index (χ0n) is 8.40. The average molecular weight is 233 g/mol. The van der Waals surface area contributed by atoms with E-state index in [1.165, 1.54) is 0 Å². The first-order valence-corrected chi connectivity index (χ1v) is 5.09. The summed E-state index contributed by atoms with van der Waals surface area (Å²) in [4.78, 5) is 0. The molecule has 0 aromatic rings. The molecule has 0 aliphatic rings. The van der Waals surface area contributed by atoms with Crippen molar-refractivity contribution in [1.82, 2.24) is 0 Å². The van der Waals surface area contributed by atoms with Gasteiger partial charge in [0.05, 0.1) is 0 Å². The summed E-state index contributed by atoms with van der Waals surface area (Å²) >= 11 is 5.91. The van der Waals surface area contributed by atoms with Gasteiger partial charge in [0.15, 0.2) is 0 Å². The van der Waals surface area contributed by atoms with Crippen LogP contribution in [0.15, 0.2) is 0 Å². The lowest BCUT2D eigenvalue weighted by molar-refractivity contribution is -0.174. The van der Waals surface area contributed by atoms with Gasteiger partial charge >= 0.3 is 6.18 Å². The molecule has 0 fully saturated rings. The van der Waals surface area contributed by atoms with Crippen LogP contribution in [-0.4, -0.2) is 24.8 Å². The van der Waals surface area contributed by atoms with Gasteiger partial charge in [-0.1, -0.05) is 13.8 Å². The average Bonchev–Trinajstić information content (AvgIpc) is 2.09. The molecule has 0 amide bonds. The van der Waals surface area contributed by atoms with Gasteiger partial charge in [0.25, 0.3) is 0 Å². The van der Waals surface area contributed by atoms with E-state index in [2.05, 4.69) is 4.74 Å². The minimum absolute atomic E-state index is 0.0180. The minimum Gasteiger partial charge on any atom is -0.372 e. The summed E-state index contributed by atoms with van der Waals surface area (Å²) in [6.07, 6.45) is -2.84. The Hall–Kier alpha value is 0.0400. The molecule has 0 aliphatic carbocycles. The first-order chi connectivity index (χ1) is 6.37. The van der Waals surface area contributed by atoms with Crippen LogP contribution in [0.4, 0.5) is 13.2 Å². The molecule has 0 aliphatic heterocycles. The quantitative estimate of drug-likeness (QED) is 0.502. The van der Waals surface area contributed by atoms with Crippen LogP contribution in [0.2, 0.25) is 0 Å². The molecule has 0 saturated heterocycles. The molecule has 0 spiro atoms. The largest absolute Gasteiger partial charge is 0.411 e. The van der Waals surface area contributed by atoms with Crippen molar-refractivity contribution in [2.24, 2.45) is 5.92 Å². The third-order valence-electron chi connectivity index (χ3n) is 1.99. The summed E-state index contributed by atoms with van der Waals surface area (Å²) in [6, 6.07) is 0. The molecule has 2 unspecified atom stereocenters. The molecule has 0 N–H and O–H groups in total. The summed E-state index contributed by atoms with van der Waals surface area (Å²) in [7, 11) is 0. The Bertz CT molecular complexity index is 149. The second-order valence-corrected chi connectivity index (χ2v) is 3.92. The van der Waals surface area contributed by atoms with Crippen molar-refractivity contribution in [3.05, 3.63) is 0 Å². The Labute approximate surface area is 87.6 Å². The first kappa shape index (κ1) is 14.0. The fourth-order valence-electron chi connectivity index (χ4n) is 1.04. The maximum Gasteiger partial charge on any atom is 0.411 e. The molecular weight excluding hydrogens is 217 g/mol. The highest BCUT2D eigenvalue weighted by molar-refractivity contribution is 6.20. The monoisotopic (exact) mass is 232 g/mol. The summed E-state index contributed by atoms with van der Waals surface area (Å²) in [6.45, 7) is 2.81. The van der Waals surface area contributed by atoms with Crippen LogP contribution < -0.4 is 0 Å². The van der Waals surface area contributed by atoms with E-state index in [4.69, 9.17) is 11.6 Å². The SMILES string of the molecule is CCC(Cl)C(C)CCOCC(F)(F)F. The van der Waals surface area contributed by atoms with E-state index in [1.54, 1.807) is 0 Å². The van der Waals surface area contributed by atoms with Gasteiger partial charge in [-0.15, -0.1) is 11.6 Å². The Morgan fingerprint density at radius 2 is 1.93 bits per heavy atom. The molecule has 86 valence electrons. The normalized spacial score (nSPS) is 16.7. The first-order valence-electron chi connectivity index (χ1n) is 4.65. The highest BCUT2D eigenvalue weighted by Crippen LogP contribution is 2.18. The predicted octanol–water partition coefficient (Wildman–Crippen LogP) is 3.61. The summed E-state index contributed by atoms with van der Waals surface area (Å²) in [5.41, 5.74) is 0. The molecule has 0 bridgehead atoms. The number of rotatable bonds is 6. The second kappa shape index (κ2) is 6.51. The number of alkyl halides is 4. The standard InChI is InChI=1S/C9H16ClF3O/c1-3-8(10)7(2)4-5-14-6-9(11,12)13/h7-8H,3-6H2,1-2H3. The third kappa shape index (κ3) is 7.44. The molecule has 0 aromatic carbocycles. The van der Waals surface area contributed by atoms with Crippen LogP contribution in [0.1, 0.15) is 26.7 Å². The van der Waals surface area contributed by atoms with Crippen molar-refractivity contribution in [2.75, 3.05) is 13.2 Å². The smallest absolute Gasteiger partial charge is 0.372 e. The highest BCUT2D eigenvalue weighted by Gasteiger charge is 2.27. The van der Waals surface area contributed by atoms with Crippen LogP contribution in [0.5, 0.6) is 0 Å². The van der Waals surface area contributed by atoms with Gasteiger partial charge in [-0.05, 0) is 18.8 Å². The van der Waals surface area contributed by atoms with Crippen molar-refractivity contribution < 1.29 is 17.9 Å². The number of hydrogen-bond acceptors (Lipinski definition) is 1. The van der Waals surface area contributed by atoms with Crippen LogP contribution >= 0.6 is 11.6 Å². The fourth-order valence-corrected chi connectivity index (χ4v) is 1.17. The van der Waals surface area contributed by atoms with Gasteiger partial charge < -0.3 is 4.74 Å². The summed E-state index contributed by atoms with van der Waals surface area (Å²) in [5.74, 6) is 0.190. The van der Waals surface area contributed by atoms with E-state index in [1.807, 2.05) is 13.8 Å². The van der Waals surface area contributed by atoms with Gasteiger partial charge in [-0.25, -0.2) is 0 Å². The molecule has 5 heteroatoms. The minimum atomic E-state index is -4.23. The number of hydrogen-bond donors (Lipinski definition) is 0. The molecule has 14 heavy (non-hydrogen) atoms. The summed E-state index contributed by atoms with van der Waals surface area (Å²) in [5, 5.41) is 0.0180. The molecule has 0 aromatic heterocycles. The molecule has 0 heterocycles. The zero-order valence-corrected chi connectivity index (χ0v) is 9.16. The van der Waals surface area contributed by atoms with Crippen molar-refractivity contribution in [3.8, 4) is 0 Å². The lowest BCUT2D eigenvalue weighted by Crippen LogP contribution is -2.19. The van der Waals surface area contributed by atoms with E-state index in [-0.39, 0.29) is 17.9 Å². The summed E-state index contributed by atoms with van der Waals surface area (Å²) < 4.78 is 39.4. The van der Waals surface area contributed by atoms with Crippen LogP contribution in [-0.2, 0) is 4.74 Å². The van der Waals surface area contributed by atoms with Crippen LogP contribution in [0.3, 0.4) is 0 Å². The van der Waals surface area contributed by atoms with E-state index in [0.29, 0.717) is 6.42 Å². The molecule has 1 nitrogen and oxygen atoms in total. The molecule has 0 radical (unpaired) electrons. The molecular formula is C9H16ClF3O.